The lowest BCUT2D eigenvalue weighted by Gasteiger charge is -2.12. The summed E-state index contributed by atoms with van der Waals surface area (Å²) in [5.41, 5.74) is 8.22. The lowest BCUT2D eigenvalue weighted by Crippen LogP contribution is -2.15. The van der Waals surface area contributed by atoms with Gasteiger partial charge in [0.05, 0.1) is 17.1 Å². The van der Waals surface area contributed by atoms with Crippen molar-refractivity contribution in [2.24, 2.45) is 0 Å². The van der Waals surface area contributed by atoms with E-state index in [0.717, 1.165) is 11.4 Å². The average Bonchev–Trinajstić information content (AvgIpc) is 2.31. The number of nitrogens with one attached hydrogen (secondary N) is 1. The van der Waals surface area contributed by atoms with Gasteiger partial charge in [-0.15, -0.1) is 0 Å². The minimum Gasteiger partial charge on any atom is -0.397 e. The first-order valence-corrected chi connectivity index (χ1v) is 5.79. The number of nitrogen functional groups attached to an aromatic ring is 1. The summed E-state index contributed by atoms with van der Waals surface area (Å²) in [6.45, 7) is 5.59. The van der Waals surface area contributed by atoms with Crippen LogP contribution in [0.4, 0.5) is 5.69 Å². The van der Waals surface area contributed by atoms with Crippen LogP contribution >= 0.6 is 0 Å². The van der Waals surface area contributed by atoms with Crippen LogP contribution in [0, 0.1) is 12.3 Å². The van der Waals surface area contributed by atoms with E-state index in [1.165, 1.54) is 0 Å². The van der Waals surface area contributed by atoms with Gasteiger partial charge in [-0.25, -0.2) is 0 Å². The predicted molar refractivity (Wildman–Crippen MR) is 69.4 cm³/mol. The van der Waals surface area contributed by atoms with Crippen molar-refractivity contribution in [2.75, 3.05) is 5.73 Å². The standard InChI is InChI=1S/C13H19N3O/c1-4-13(17)11(15)7-8(2)12-6-5-10(14)9(3)16-12/h5-6,8,15H,4,7,14H2,1-3H3. The Bertz CT molecular complexity index is 440. The molecule has 0 radical (unpaired) electrons. The second kappa shape index (κ2) is 5.57. The molecule has 1 aromatic heterocycles. The maximum Gasteiger partial charge on any atom is 0.176 e. The molecular formula is C13H19N3O. The predicted octanol–water partition coefficient (Wildman–Crippen LogP) is 2.46. The fourth-order valence-corrected chi connectivity index (χ4v) is 1.60. The highest BCUT2D eigenvalue weighted by atomic mass is 16.1. The molecule has 0 aliphatic carbocycles. The van der Waals surface area contributed by atoms with Crippen LogP contribution in [0.25, 0.3) is 0 Å². The number of aromatic nitrogens is 1. The fourth-order valence-electron chi connectivity index (χ4n) is 1.60. The van der Waals surface area contributed by atoms with Crippen molar-refractivity contribution in [3.05, 3.63) is 23.5 Å². The van der Waals surface area contributed by atoms with Crippen molar-refractivity contribution in [2.45, 2.75) is 39.5 Å². The number of nitrogens with two attached hydrogens (primary N) is 1. The smallest absolute Gasteiger partial charge is 0.176 e. The number of Topliss-reactive ketones (excluding diaryl/α,β-unsaturated/α-hetero) is 1. The zero-order valence-electron chi connectivity index (χ0n) is 10.6. The highest BCUT2D eigenvalue weighted by Gasteiger charge is 2.14. The maximum absolute atomic E-state index is 11.3. The Morgan fingerprint density at radius 3 is 2.71 bits per heavy atom. The Morgan fingerprint density at radius 1 is 1.53 bits per heavy atom. The van der Waals surface area contributed by atoms with Gasteiger partial charge in [0.25, 0.3) is 0 Å². The molecule has 1 unspecified atom stereocenters. The van der Waals surface area contributed by atoms with Crippen molar-refractivity contribution >= 4 is 17.2 Å². The molecular weight excluding hydrogens is 214 g/mol. The number of hydrogen-bond acceptors (Lipinski definition) is 4. The van der Waals surface area contributed by atoms with Gasteiger partial charge in [-0.1, -0.05) is 13.8 Å². The van der Waals surface area contributed by atoms with Crippen LogP contribution < -0.4 is 5.73 Å². The van der Waals surface area contributed by atoms with Gasteiger partial charge in [0.2, 0.25) is 0 Å². The number of anilines is 1. The van der Waals surface area contributed by atoms with Crippen LogP contribution in [0.15, 0.2) is 12.1 Å². The third-order valence-corrected chi connectivity index (χ3v) is 2.82. The van der Waals surface area contributed by atoms with Crippen molar-refractivity contribution in [3.8, 4) is 0 Å². The summed E-state index contributed by atoms with van der Waals surface area (Å²) in [7, 11) is 0. The van der Waals surface area contributed by atoms with Crippen molar-refractivity contribution < 1.29 is 4.79 Å². The van der Waals surface area contributed by atoms with Crippen LogP contribution in [-0.4, -0.2) is 16.5 Å². The molecule has 1 rings (SSSR count). The molecule has 0 amide bonds. The molecule has 0 fully saturated rings. The van der Waals surface area contributed by atoms with E-state index in [0.29, 0.717) is 18.5 Å². The van der Waals surface area contributed by atoms with Crippen molar-refractivity contribution in [1.82, 2.24) is 4.98 Å². The van der Waals surface area contributed by atoms with E-state index in [9.17, 15) is 4.79 Å². The maximum atomic E-state index is 11.3. The summed E-state index contributed by atoms with van der Waals surface area (Å²) in [5, 5.41) is 7.67. The summed E-state index contributed by atoms with van der Waals surface area (Å²) in [5.74, 6) is -0.0266. The van der Waals surface area contributed by atoms with Crippen molar-refractivity contribution in [3.63, 3.8) is 0 Å². The third-order valence-electron chi connectivity index (χ3n) is 2.82. The number of pyridine rings is 1. The molecule has 3 N–H and O–H groups in total. The molecule has 1 atom stereocenters. The molecule has 0 aliphatic heterocycles. The molecule has 4 heteroatoms. The largest absolute Gasteiger partial charge is 0.397 e. The topological polar surface area (TPSA) is 79.8 Å². The molecule has 0 saturated carbocycles. The minimum absolute atomic E-state index is 0.0669. The van der Waals surface area contributed by atoms with Gasteiger partial charge in [-0.05, 0) is 19.1 Å². The Labute approximate surface area is 102 Å². The molecule has 0 bridgehead atoms. The van der Waals surface area contributed by atoms with E-state index in [1.807, 2.05) is 26.0 Å². The number of rotatable bonds is 5. The Balaban J connectivity index is 2.76. The second-order valence-corrected chi connectivity index (χ2v) is 4.27. The van der Waals surface area contributed by atoms with Crippen LogP contribution in [0.3, 0.4) is 0 Å². The Morgan fingerprint density at radius 2 is 2.18 bits per heavy atom. The third kappa shape index (κ3) is 3.37. The zero-order valence-corrected chi connectivity index (χ0v) is 10.6. The molecule has 0 saturated heterocycles. The summed E-state index contributed by atoms with van der Waals surface area (Å²) >= 11 is 0. The molecule has 1 aromatic rings. The van der Waals surface area contributed by atoms with Crippen LogP contribution in [0.2, 0.25) is 0 Å². The van der Waals surface area contributed by atoms with Gasteiger partial charge in [0.15, 0.2) is 5.78 Å². The van der Waals surface area contributed by atoms with Gasteiger partial charge in [-0.2, -0.15) is 0 Å². The molecule has 4 nitrogen and oxygen atoms in total. The van der Waals surface area contributed by atoms with E-state index < -0.39 is 0 Å². The number of hydrogen-bond donors (Lipinski definition) is 2. The average molecular weight is 233 g/mol. The first kappa shape index (κ1) is 13.4. The van der Waals surface area contributed by atoms with Gasteiger partial charge < -0.3 is 11.1 Å². The molecule has 1 heterocycles. The van der Waals surface area contributed by atoms with Gasteiger partial charge in [0, 0.05) is 24.5 Å². The van der Waals surface area contributed by atoms with Gasteiger partial charge in [-0.3, -0.25) is 9.78 Å². The summed E-state index contributed by atoms with van der Waals surface area (Å²) in [6, 6.07) is 3.68. The molecule has 17 heavy (non-hydrogen) atoms. The normalized spacial score (nSPS) is 12.2. The monoisotopic (exact) mass is 233 g/mol. The van der Waals surface area contributed by atoms with E-state index in [4.69, 9.17) is 11.1 Å². The number of carbonyl (C=O) groups excluding carboxylic acids is 1. The second-order valence-electron chi connectivity index (χ2n) is 4.27. The van der Waals surface area contributed by atoms with Crippen LogP contribution in [0.1, 0.15) is 44.0 Å². The van der Waals surface area contributed by atoms with E-state index in [-0.39, 0.29) is 17.4 Å². The summed E-state index contributed by atoms with van der Waals surface area (Å²) in [6.07, 6.45) is 0.822. The number of aryl methyl sites for hydroxylation is 1. The van der Waals surface area contributed by atoms with Crippen LogP contribution in [-0.2, 0) is 4.79 Å². The fraction of sp³-hybridized carbons (Fsp3) is 0.462. The first-order valence-electron chi connectivity index (χ1n) is 5.79. The Kier molecular flexibility index (Phi) is 4.37. The van der Waals surface area contributed by atoms with Crippen LogP contribution in [0.5, 0.6) is 0 Å². The molecule has 0 spiro atoms. The molecule has 0 aliphatic rings. The number of nitrogens with zero attached hydrogens (tertiary/aromatic N) is 1. The lowest BCUT2D eigenvalue weighted by molar-refractivity contribution is -0.112. The van der Waals surface area contributed by atoms with Gasteiger partial charge in [0.1, 0.15) is 0 Å². The van der Waals surface area contributed by atoms with E-state index in [2.05, 4.69) is 4.98 Å². The molecule has 0 aromatic carbocycles. The number of ketones is 1. The lowest BCUT2D eigenvalue weighted by atomic mass is 9.97. The van der Waals surface area contributed by atoms with Gasteiger partial charge >= 0.3 is 0 Å². The molecule has 92 valence electrons. The summed E-state index contributed by atoms with van der Waals surface area (Å²) in [4.78, 5) is 15.7. The van der Waals surface area contributed by atoms with Crippen molar-refractivity contribution in [1.29, 1.82) is 5.41 Å². The number of carbonyl (C=O) groups is 1. The summed E-state index contributed by atoms with van der Waals surface area (Å²) < 4.78 is 0. The SMILES string of the molecule is CCC(=O)C(=N)CC(C)c1ccc(N)c(C)n1. The van der Waals surface area contributed by atoms with E-state index >= 15 is 0 Å². The quantitative estimate of drug-likeness (QED) is 0.767. The van der Waals surface area contributed by atoms with E-state index in [1.54, 1.807) is 6.92 Å². The highest BCUT2D eigenvalue weighted by molar-refractivity contribution is 6.38. The first-order chi connectivity index (χ1) is 7.95. The zero-order chi connectivity index (χ0) is 13.0. The highest BCUT2D eigenvalue weighted by Crippen LogP contribution is 2.20. The Hall–Kier alpha value is -1.71. The minimum atomic E-state index is -0.0935.